The van der Waals surface area contributed by atoms with E-state index < -0.39 is 18.5 Å². The second-order valence-corrected chi connectivity index (χ2v) is 3.72. The van der Waals surface area contributed by atoms with Gasteiger partial charge in [-0.1, -0.05) is 0 Å². The van der Waals surface area contributed by atoms with Gasteiger partial charge in [-0.25, -0.2) is 13.6 Å². The Morgan fingerprint density at radius 2 is 1.94 bits per heavy atom. The SMILES string of the molecule is COC(=O)c1ccc(OCC(C)(F)F)c(OC)c1. The Labute approximate surface area is 103 Å². The molecule has 1 rings (SSSR count). The van der Waals surface area contributed by atoms with E-state index in [2.05, 4.69) is 4.74 Å². The number of hydrogen-bond acceptors (Lipinski definition) is 4. The minimum Gasteiger partial charge on any atom is -0.493 e. The van der Waals surface area contributed by atoms with Gasteiger partial charge < -0.3 is 14.2 Å². The predicted octanol–water partition coefficient (Wildman–Crippen LogP) is 2.52. The number of carbonyl (C=O) groups excluding carboxylic acids is 1. The minimum atomic E-state index is -2.94. The summed E-state index contributed by atoms with van der Waals surface area (Å²) in [6.07, 6.45) is 0. The molecule has 0 saturated heterocycles. The van der Waals surface area contributed by atoms with Crippen molar-refractivity contribution in [3.63, 3.8) is 0 Å². The monoisotopic (exact) mass is 260 g/mol. The van der Waals surface area contributed by atoms with E-state index >= 15 is 0 Å². The lowest BCUT2D eigenvalue weighted by Crippen LogP contribution is -2.21. The second kappa shape index (κ2) is 5.66. The topological polar surface area (TPSA) is 44.8 Å². The van der Waals surface area contributed by atoms with Crippen LogP contribution in [0.15, 0.2) is 18.2 Å². The zero-order chi connectivity index (χ0) is 13.8. The molecule has 18 heavy (non-hydrogen) atoms. The number of hydrogen-bond donors (Lipinski definition) is 0. The summed E-state index contributed by atoms with van der Waals surface area (Å²) in [7, 11) is 2.60. The molecule has 0 heterocycles. The fourth-order valence-corrected chi connectivity index (χ4v) is 1.24. The van der Waals surface area contributed by atoms with Crippen LogP contribution in [0.2, 0.25) is 0 Å². The molecule has 4 nitrogen and oxygen atoms in total. The highest BCUT2D eigenvalue weighted by Crippen LogP contribution is 2.29. The number of alkyl halides is 2. The van der Waals surface area contributed by atoms with Crippen LogP contribution >= 0.6 is 0 Å². The van der Waals surface area contributed by atoms with E-state index in [0.717, 1.165) is 6.92 Å². The molecule has 0 atom stereocenters. The van der Waals surface area contributed by atoms with Gasteiger partial charge in [0.25, 0.3) is 5.92 Å². The Hall–Kier alpha value is -1.85. The zero-order valence-corrected chi connectivity index (χ0v) is 10.3. The second-order valence-electron chi connectivity index (χ2n) is 3.72. The Morgan fingerprint density at radius 1 is 1.28 bits per heavy atom. The van der Waals surface area contributed by atoms with Gasteiger partial charge in [0.05, 0.1) is 19.8 Å². The highest BCUT2D eigenvalue weighted by Gasteiger charge is 2.23. The summed E-state index contributed by atoms with van der Waals surface area (Å²) >= 11 is 0. The van der Waals surface area contributed by atoms with Crippen molar-refractivity contribution >= 4 is 5.97 Å². The summed E-state index contributed by atoms with van der Waals surface area (Å²) in [6.45, 7) is -0.0107. The standard InChI is InChI=1S/C12H14F2O4/c1-12(13,14)7-18-9-5-4-8(11(15)17-3)6-10(9)16-2/h4-6H,7H2,1-3H3. The van der Waals surface area contributed by atoms with Gasteiger partial charge in [0.1, 0.15) is 0 Å². The molecular weight excluding hydrogens is 246 g/mol. The zero-order valence-electron chi connectivity index (χ0n) is 10.3. The molecule has 1 aromatic rings. The fraction of sp³-hybridized carbons (Fsp3) is 0.417. The number of halogens is 2. The number of carbonyl (C=O) groups is 1. The average molecular weight is 260 g/mol. The molecule has 6 heteroatoms. The summed E-state index contributed by atoms with van der Waals surface area (Å²) in [6, 6.07) is 4.17. The van der Waals surface area contributed by atoms with E-state index in [1.54, 1.807) is 0 Å². The Morgan fingerprint density at radius 3 is 2.44 bits per heavy atom. The quantitative estimate of drug-likeness (QED) is 0.763. The Bertz CT molecular complexity index is 427. The molecule has 0 bridgehead atoms. The van der Waals surface area contributed by atoms with Crippen molar-refractivity contribution in [2.75, 3.05) is 20.8 Å². The minimum absolute atomic E-state index is 0.145. The molecule has 0 aliphatic heterocycles. The van der Waals surface area contributed by atoms with Crippen LogP contribution in [0.3, 0.4) is 0 Å². The molecule has 0 amide bonds. The maximum absolute atomic E-state index is 12.7. The van der Waals surface area contributed by atoms with Gasteiger partial charge in [-0.15, -0.1) is 0 Å². The summed E-state index contributed by atoms with van der Waals surface area (Å²) < 4.78 is 39.8. The number of esters is 1. The van der Waals surface area contributed by atoms with Gasteiger partial charge >= 0.3 is 5.97 Å². The first-order valence-electron chi connectivity index (χ1n) is 5.14. The van der Waals surface area contributed by atoms with Crippen LogP contribution in [-0.4, -0.2) is 32.7 Å². The molecule has 0 aromatic heterocycles. The van der Waals surface area contributed by atoms with E-state index in [4.69, 9.17) is 9.47 Å². The van der Waals surface area contributed by atoms with Crippen molar-refractivity contribution in [1.29, 1.82) is 0 Å². The molecular formula is C12H14F2O4. The van der Waals surface area contributed by atoms with Crippen LogP contribution in [0.25, 0.3) is 0 Å². The van der Waals surface area contributed by atoms with Crippen molar-refractivity contribution in [1.82, 2.24) is 0 Å². The molecule has 0 aliphatic carbocycles. The Kier molecular flexibility index (Phi) is 4.47. The molecule has 0 fully saturated rings. The third kappa shape index (κ3) is 3.87. The van der Waals surface area contributed by atoms with E-state index in [0.29, 0.717) is 0 Å². The lowest BCUT2D eigenvalue weighted by Gasteiger charge is -2.14. The smallest absolute Gasteiger partial charge is 0.337 e. The van der Waals surface area contributed by atoms with E-state index in [-0.39, 0.29) is 17.1 Å². The van der Waals surface area contributed by atoms with Crippen LogP contribution in [0.1, 0.15) is 17.3 Å². The molecule has 1 aromatic carbocycles. The number of methoxy groups -OCH3 is 2. The first kappa shape index (κ1) is 14.2. The van der Waals surface area contributed by atoms with Crippen LogP contribution in [-0.2, 0) is 4.74 Å². The third-order valence-corrected chi connectivity index (χ3v) is 2.07. The first-order chi connectivity index (χ1) is 8.37. The summed E-state index contributed by atoms with van der Waals surface area (Å²) in [5.41, 5.74) is 0.255. The van der Waals surface area contributed by atoms with Gasteiger partial charge in [-0.2, -0.15) is 0 Å². The first-order valence-corrected chi connectivity index (χ1v) is 5.14. The molecule has 0 spiro atoms. The van der Waals surface area contributed by atoms with Gasteiger partial charge in [0, 0.05) is 6.92 Å². The summed E-state index contributed by atoms with van der Waals surface area (Å²) in [5.74, 6) is -3.14. The van der Waals surface area contributed by atoms with Crippen LogP contribution in [0, 0.1) is 0 Å². The molecule has 0 aliphatic rings. The Balaban J connectivity index is 2.90. The maximum Gasteiger partial charge on any atom is 0.337 e. The predicted molar refractivity (Wildman–Crippen MR) is 60.4 cm³/mol. The lowest BCUT2D eigenvalue weighted by molar-refractivity contribution is -0.0235. The van der Waals surface area contributed by atoms with Gasteiger partial charge in [-0.05, 0) is 18.2 Å². The maximum atomic E-state index is 12.7. The van der Waals surface area contributed by atoms with Crippen molar-refractivity contribution < 1.29 is 27.8 Å². The fourth-order valence-electron chi connectivity index (χ4n) is 1.24. The summed E-state index contributed by atoms with van der Waals surface area (Å²) in [5, 5.41) is 0. The van der Waals surface area contributed by atoms with Crippen molar-refractivity contribution in [2.24, 2.45) is 0 Å². The molecule has 0 N–H and O–H groups in total. The number of ether oxygens (including phenoxy) is 3. The largest absolute Gasteiger partial charge is 0.493 e. The van der Waals surface area contributed by atoms with E-state index in [9.17, 15) is 13.6 Å². The normalized spacial score (nSPS) is 10.9. The highest BCUT2D eigenvalue weighted by atomic mass is 19.3. The molecule has 0 radical (unpaired) electrons. The van der Waals surface area contributed by atoms with Gasteiger partial charge in [-0.3, -0.25) is 0 Å². The van der Waals surface area contributed by atoms with Gasteiger partial charge in [0.15, 0.2) is 18.1 Å². The van der Waals surface area contributed by atoms with E-state index in [1.807, 2.05) is 0 Å². The van der Waals surface area contributed by atoms with Crippen LogP contribution < -0.4 is 9.47 Å². The van der Waals surface area contributed by atoms with Crippen molar-refractivity contribution in [3.8, 4) is 11.5 Å². The highest BCUT2D eigenvalue weighted by molar-refractivity contribution is 5.90. The van der Waals surface area contributed by atoms with E-state index in [1.165, 1.54) is 32.4 Å². The molecule has 100 valence electrons. The van der Waals surface area contributed by atoms with Gasteiger partial charge in [0.2, 0.25) is 0 Å². The van der Waals surface area contributed by atoms with Crippen LogP contribution in [0.5, 0.6) is 11.5 Å². The van der Waals surface area contributed by atoms with Crippen molar-refractivity contribution in [2.45, 2.75) is 12.8 Å². The molecule has 0 unspecified atom stereocenters. The van der Waals surface area contributed by atoms with Crippen LogP contribution in [0.4, 0.5) is 8.78 Å². The molecule has 0 saturated carbocycles. The average Bonchev–Trinajstić information content (AvgIpc) is 2.34. The number of benzene rings is 1. The number of rotatable bonds is 5. The van der Waals surface area contributed by atoms with Crippen molar-refractivity contribution in [3.05, 3.63) is 23.8 Å². The summed E-state index contributed by atoms with van der Waals surface area (Å²) in [4.78, 5) is 11.3. The lowest BCUT2D eigenvalue weighted by atomic mass is 10.2. The third-order valence-electron chi connectivity index (χ3n) is 2.07.